The van der Waals surface area contributed by atoms with Crippen LogP contribution in [0, 0.1) is 0 Å². The van der Waals surface area contributed by atoms with E-state index in [9.17, 15) is 18.0 Å². The average molecular weight is 431 g/mol. The number of hydrogen-bond donors (Lipinski definition) is 2. The van der Waals surface area contributed by atoms with Crippen LogP contribution in [0.2, 0.25) is 5.02 Å². The van der Waals surface area contributed by atoms with Crippen LogP contribution in [0.15, 0.2) is 30.3 Å². The van der Waals surface area contributed by atoms with Crippen LogP contribution in [0.3, 0.4) is 0 Å². The van der Waals surface area contributed by atoms with Gasteiger partial charge in [-0.05, 0) is 25.1 Å². The fraction of sp³-hybridized carbons (Fsp3) is 0.316. The van der Waals surface area contributed by atoms with E-state index in [1.807, 2.05) is 0 Å². The molecule has 29 heavy (non-hydrogen) atoms. The van der Waals surface area contributed by atoms with Crippen LogP contribution in [0.5, 0.6) is 17.2 Å². The summed E-state index contributed by atoms with van der Waals surface area (Å²) in [4.78, 5) is 12.2. The van der Waals surface area contributed by atoms with E-state index >= 15 is 0 Å². The van der Waals surface area contributed by atoms with E-state index in [4.69, 9.17) is 25.8 Å². The quantitative estimate of drug-likeness (QED) is 0.702. The summed E-state index contributed by atoms with van der Waals surface area (Å²) in [5, 5.41) is 5.27. The average Bonchev–Trinajstić information content (AvgIpc) is 2.67. The molecule has 2 aromatic rings. The predicted molar refractivity (Wildman–Crippen MR) is 102 cm³/mol. The smallest absolute Gasteiger partial charge is 0.418 e. The van der Waals surface area contributed by atoms with Gasteiger partial charge in [-0.25, -0.2) is 0 Å². The molecule has 6 nitrogen and oxygen atoms in total. The van der Waals surface area contributed by atoms with Crippen molar-refractivity contribution in [2.45, 2.75) is 13.1 Å². The summed E-state index contributed by atoms with van der Waals surface area (Å²) in [6.07, 6.45) is -4.61. The zero-order valence-corrected chi connectivity index (χ0v) is 16.1. The number of ether oxygens (including phenoxy) is 3. The number of rotatable bonds is 6. The molecule has 1 aliphatic rings. The van der Waals surface area contributed by atoms with Gasteiger partial charge < -0.3 is 24.8 Å². The van der Waals surface area contributed by atoms with Gasteiger partial charge in [0.2, 0.25) is 5.91 Å². The normalized spacial score (nSPS) is 13.0. The van der Waals surface area contributed by atoms with Gasteiger partial charge in [-0.1, -0.05) is 11.6 Å². The third kappa shape index (κ3) is 5.17. The maximum Gasteiger partial charge on any atom is 0.418 e. The molecule has 1 aliphatic heterocycles. The largest absolute Gasteiger partial charge is 0.494 e. The molecule has 0 aromatic heterocycles. The Balaban J connectivity index is 1.69. The van der Waals surface area contributed by atoms with Crippen molar-refractivity contribution in [2.24, 2.45) is 0 Å². The molecular weight excluding hydrogens is 413 g/mol. The van der Waals surface area contributed by atoms with Crippen LogP contribution in [-0.2, 0) is 11.0 Å². The number of amides is 1. The second kappa shape index (κ2) is 8.69. The monoisotopic (exact) mass is 430 g/mol. The van der Waals surface area contributed by atoms with Gasteiger partial charge in [-0.15, -0.1) is 0 Å². The molecule has 0 fully saturated rings. The summed E-state index contributed by atoms with van der Waals surface area (Å²) in [5.74, 6) is 0.403. The molecule has 0 aliphatic carbocycles. The van der Waals surface area contributed by atoms with Crippen molar-refractivity contribution in [2.75, 3.05) is 37.0 Å². The minimum atomic E-state index is -4.61. The van der Waals surface area contributed by atoms with Crippen molar-refractivity contribution in [3.8, 4) is 17.2 Å². The summed E-state index contributed by atoms with van der Waals surface area (Å²) in [6.45, 7) is 2.27. The van der Waals surface area contributed by atoms with E-state index in [2.05, 4.69) is 10.6 Å². The molecule has 1 amide bonds. The molecule has 0 bridgehead atoms. The molecule has 0 spiro atoms. The van der Waals surface area contributed by atoms with Gasteiger partial charge in [0.15, 0.2) is 11.5 Å². The summed E-state index contributed by atoms with van der Waals surface area (Å²) < 4.78 is 55.9. The van der Waals surface area contributed by atoms with E-state index in [1.165, 1.54) is 24.3 Å². The molecule has 10 heteroatoms. The molecule has 0 radical (unpaired) electrons. The van der Waals surface area contributed by atoms with E-state index in [0.717, 1.165) is 6.07 Å². The molecule has 3 rings (SSSR count). The summed E-state index contributed by atoms with van der Waals surface area (Å²) in [6, 6.07) is 6.52. The lowest BCUT2D eigenvalue weighted by atomic mass is 10.1. The molecular formula is C19H18ClF3N2O4. The number of carbonyl (C=O) groups is 1. The van der Waals surface area contributed by atoms with Gasteiger partial charge in [-0.2, -0.15) is 13.2 Å². The highest BCUT2D eigenvalue weighted by Crippen LogP contribution is 2.39. The van der Waals surface area contributed by atoms with Crippen LogP contribution < -0.4 is 24.8 Å². The number of fused-ring (bicyclic) bond motifs is 1. The van der Waals surface area contributed by atoms with E-state index in [-0.39, 0.29) is 28.8 Å². The maximum atomic E-state index is 13.3. The van der Waals surface area contributed by atoms with Crippen LogP contribution >= 0.6 is 11.6 Å². The lowest BCUT2D eigenvalue weighted by Crippen LogP contribution is -2.23. The molecule has 0 unspecified atom stereocenters. The van der Waals surface area contributed by atoms with Crippen LogP contribution in [-0.4, -0.2) is 32.3 Å². The number of halogens is 4. The number of alkyl halides is 3. The Labute approximate surface area is 169 Å². The lowest BCUT2D eigenvalue weighted by Gasteiger charge is -2.20. The highest BCUT2D eigenvalue weighted by atomic mass is 35.5. The molecule has 0 saturated heterocycles. The van der Waals surface area contributed by atoms with Crippen LogP contribution in [0.4, 0.5) is 24.5 Å². The fourth-order valence-electron chi connectivity index (χ4n) is 2.70. The SMILES string of the molecule is CCOc1ccc(NCC(=O)Nc2cc3c(cc2Cl)OCCO3)c(C(F)(F)F)c1. The van der Waals surface area contributed by atoms with E-state index in [0.29, 0.717) is 24.7 Å². The highest BCUT2D eigenvalue weighted by molar-refractivity contribution is 6.34. The Bertz CT molecular complexity index is 906. The standard InChI is InChI=1S/C19H18ClF3N2O4/c1-2-27-11-3-4-14(12(7-11)19(21,22)23)24-10-18(26)25-15-9-17-16(8-13(15)20)28-5-6-29-17/h3-4,7-9,24H,2,5-6,10H2,1H3,(H,25,26). The van der Waals surface area contributed by atoms with Crippen molar-refractivity contribution >= 4 is 28.9 Å². The Morgan fingerprint density at radius 3 is 2.48 bits per heavy atom. The van der Waals surface area contributed by atoms with Gasteiger partial charge in [0, 0.05) is 17.8 Å². The van der Waals surface area contributed by atoms with Gasteiger partial charge in [0.1, 0.15) is 19.0 Å². The number of nitrogens with one attached hydrogen (secondary N) is 2. The van der Waals surface area contributed by atoms with Crippen molar-refractivity contribution in [1.82, 2.24) is 0 Å². The van der Waals surface area contributed by atoms with Crippen LogP contribution in [0.25, 0.3) is 0 Å². The van der Waals surface area contributed by atoms with Gasteiger partial charge in [-0.3, -0.25) is 4.79 Å². The minimum absolute atomic E-state index is 0.0953. The maximum absolute atomic E-state index is 13.3. The number of carbonyl (C=O) groups excluding carboxylic acids is 1. The number of benzene rings is 2. The predicted octanol–water partition coefficient (Wildman–Crippen LogP) is 4.58. The second-order valence-corrected chi connectivity index (χ2v) is 6.42. The number of hydrogen-bond acceptors (Lipinski definition) is 5. The van der Waals surface area contributed by atoms with E-state index in [1.54, 1.807) is 6.92 Å². The third-order valence-electron chi connectivity index (χ3n) is 3.95. The topological polar surface area (TPSA) is 68.8 Å². The first-order chi connectivity index (χ1) is 13.8. The molecule has 156 valence electrons. The molecule has 2 N–H and O–H groups in total. The summed E-state index contributed by atoms with van der Waals surface area (Å²) in [7, 11) is 0. The molecule has 2 aromatic carbocycles. The summed E-state index contributed by atoms with van der Waals surface area (Å²) in [5.41, 5.74) is -0.886. The van der Waals surface area contributed by atoms with Gasteiger partial charge >= 0.3 is 6.18 Å². The molecule has 0 atom stereocenters. The van der Waals surface area contributed by atoms with Crippen molar-refractivity contribution in [3.63, 3.8) is 0 Å². The fourth-order valence-corrected chi connectivity index (χ4v) is 2.90. The Hall–Kier alpha value is -2.81. The van der Waals surface area contributed by atoms with Crippen molar-refractivity contribution < 1.29 is 32.2 Å². The second-order valence-electron chi connectivity index (χ2n) is 6.02. The van der Waals surface area contributed by atoms with Crippen molar-refractivity contribution in [3.05, 3.63) is 40.9 Å². The first-order valence-corrected chi connectivity index (χ1v) is 9.12. The Morgan fingerprint density at radius 1 is 1.14 bits per heavy atom. The minimum Gasteiger partial charge on any atom is -0.494 e. The van der Waals surface area contributed by atoms with Crippen molar-refractivity contribution in [1.29, 1.82) is 0 Å². The Morgan fingerprint density at radius 2 is 1.83 bits per heavy atom. The van der Waals surface area contributed by atoms with Crippen LogP contribution in [0.1, 0.15) is 12.5 Å². The zero-order chi connectivity index (χ0) is 21.0. The Kier molecular flexibility index (Phi) is 6.26. The number of anilines is 2. The highest BCUT2D eigenvalue weighted by Gasteiger charge is 2.34. The summed E-state index contributed by atoms with van der Waals surface area (Å²) >= 11 is 6.12. The van der Waals surface area contributed by atoms with E-state index < -0.39 is 24.2 Å². The lowest BCUT2D eigenvalue weighted by molar-refractivity contribution is -0.137. The van der Waals surface area contributed by atoms with Gasteiger partial charge in [0.05, 0.1) is 29.4 Å². The first-order valence-electron chi connectivity index (χ1n) is 8.75. The molecule has 0 saturated carbocycles. The third-order valence-corrected chi connectivity index (χ3v) is 4.27. The molecule has 1 heterocycles. The zero-order valence-electron chi connectivity index (χ0n) is 15.4. The van der Waals surface area contributed by atoms with Gasteiger partial charge in [0.25, 0.3) is 0 Å². The first kappa shape index (κ1) is 20.9.